The average molecular weight is 185 g/mol. The van der Waals surface area contributed by atoms with E-state index < -0.39 is 0 Å². The van der Waals surface area contributed by atoms with Gasteiger partial charge in [0, 0.05) is 6.61 Å². The Morgan fingerprint density at radius 2 is 2.00 bits per heavy atom. The maximum atomic E-state index is 9.23. The number of hydrogen-bond donors (Lipinski definition) is 2. The summed E-state index contributed by atoms with van der Waals surface area (Å²) in [5, 5.41) is 12.6. The minimum atomic E-state index is 0.364. The molecule has 2 atom stereocenters. The second-order valence-electron chi connectivity index (χ2n) is 5.46. The van der Waals surface area contributed by atoms with Crippen LogP contribution in [0.5, 0.6) is 0 Å². The van der Waals surface area contributed by atoms with Crippen LogP contribution in [0, 0.1) is 17.3 Å². The van der Waals surface area contributed by atoms with E-state index in [0.29, 0.717) is 23.9 Å². The van der Waals surface area contributed by atoms with E-state index in [1.165, 1.54) is 6.42 Å². The van der Waals surface area contributed by atoms with Gasteiger partial charge in [-0.15, -0.1) is 0 Å². The number of piperidine rings is 1. The molecule has 78 valence electrons. The third-order valence-corrected chi connectivity index (χ3v) is 2.87. The molecule has 0 aromatic heterocycles. The molecule has 0 radical (unpaired) electrons. The summed E-state index contributed by atoms with van der Waals surface area (Å²) in [6.45, 7) is 9.35. The molecule has 0 aromatic carbocycles. The van der Waals surface area contributed by atoms with Gasteiger partial charge in [-0.2, -0.15) is 0 Å². The molecule has 0 amide bonds. The molecule has 1 aliphatic heterocycles. The molecule has 2 nitrogen and oxygen atoms in total. The zero-order chi connectivity index (χ0) is 9.90. The zero-order valence-corrected chi connectivity index (χ0v) is 9.14. The molecule has 0 spiro atoms. The van der Waals surface area contributed by atoms with Crippen molar-refractivity contribution in [2.45, 2.75) is 33.6 Å². The summed E-state index contributed by atoms with van der Waals surface area (Å²) in [5.41, 5.74) is 0.386. The smallest absolute Gasteiger partial charge is 0.0462 e. The van der Waals surface area contributed by atoms with Crippen molar-refractivity contribution >= 4 is 0 Å². The van der Waals surface area contributed by atoms with Crippen LogP contribution in [-0.4, -0.2) is 24.8 Å². The quantitative estimate of drug-likeness (QED) is 0.685. The highest BCUT2D eigenvalue weighted by atomic mass is 16.3. The normalized spacial score (nSPS) is 30.5. The van der Waals surface area contributed by atoms with E-state index in [1.54, 1.807) is 0 Å². The van der Waals surface area contributed by atoms with Gasteiger partial charge >= 0.3 is 0 Å². The van der Waals surface area contributed by atoms with Gasteiger partial charge in [0.1, 0.15) is 0 Å². The van der Waals surface area contributed by atoms with E-state index in [0.717, 1.165) is 19.5 Å². The summed E-state index contributed by atoms with van der Waals surface area (Å²) in [7, 11) is 0. The highest BCUT2D eigenvalue weighted by Gasteiger charge is 2.27. The van der Waals surface area contributed by atoms with E-state index in [1.807, 2.05) is 0 Å². The maximum absolute atomic E-state index is 9.23. The molecule has 0 bridgehead atoms. The molecule has 2 unspecified atom stereocenters. The van der Waals surface area contributed by atoms with Crippen molar-refractivity contribution in [2.24, 2.45) is 17.3 Å². The summed E-state index contributed by atoms with van der Waals surface area (Å²) in [4.78, 5) is 0. The van der Waals surface area contributed by atoms with Crippen LogP contribution in [0.1, 0.15) is 33.6 Å². The van der Waals surface area contributed by atoms with Gasteiger partial charge in [0.25, 0.3) is 0 Å². The third-order valence-electron chi connectivity index (χ3n) is 2.87. The van der Waals surface area contributed by atoms with Crippen LogP contribution in [0.4, 0.5) is 0 Å². The predicted octanol–water partition coefficient (Wildman–Crippen LogP) is 1.64. The number of rotatable bonds is 2. The van der Waals surface area contributed by atoms with Crippen LogP contribution < -0.4 is 5.32 Å². The van der Waals surface area contributed by atoms with Crippen LogP contribution >= 0.6 is 0 Å². The van der Waals surface area contributed by atoms with Gasteiger partial charge in [-0.1, -0.05) is 20.8 Å². The van der Waals surface area contributed by atoms with E-state index in [2.05, 4.69) is 26.1 Å². The van der Waals surface area contributed by atoms with E-state index >= 15 is 0 Å². The predicted molar refractivity (Wildman–Crippen MR) is 55.6 cm³/mol. The van der Waals surface area contributed by atoms with Crippen molar-refractivity contribution in [2.75, 3.05) is 19.7 Å². The molecule has 0 saturated carbocycles. The molecule has 1 saturated heterocycles. The number of hydrogen-bond acceptors (Lipinski definition) is 2. The Bertz CT molecular complexity index is 151. The van der Waals surface area contributed by atoms with Gasteiger partial charge < -0.3 is 10.4 Å². The molecule has 1 fully saturated rings. The Hall–Kier alpha value is -0.0800. The van der Waals surface area contributed by atoms with Crippen molar-refractivity contribution in [3.8, 4) is 0 Å². The van der Waals surface area contributed by atoms with Gasteiger partial charge in [-0.25, -0.2) is 0 Å². The standard InChI is InChI=1S/C11H23NO/c1-11(2,3)6-10-7-12-5-4-9(10)8-13/h9-10,12-13H,4-8H2,1-3H3. The van der Waals surface area contributed by atoms with Gasteiger partial charge in [0.2, 0.25) is 0 Å². The first kappa shape index (κ1) is 11.0. The third kappa shape index (κ3) is 3.65. The van der Waals surface area contributed by atoms with Crippen LogP contribution in [0.25, 0.3) is 0 Å². The Morgan fingerprint density at radius 3 is 2.54 bits per heavy atom. The first-order valence-corrected chi connectivity index (χ1v) is 5.34. The summed E-state index contributed by atoms with van der Waals surface area (Å²) in [5.74, 6) is 1.19. The average Bonchev–Trinajstić information content (AvgIpc) is 2.02. The zero-order valence-electron chi connectivity index (χ0n) is 9.14. The van der Waals surface area contributed by atoms with Crippen molar-refractivity contribution in [1.29, 1.82) is 0 Å². The lowest BCUT2D eigenvalue weighted by molar-refractivity contribution is 0.114. The molecule has 1 heterocycles. The molecule has 2 heteroatoms. The van der Waals surface area contributed by atoms with Crippen molar-refractivity contribution < 1.29 is 5.11 Å². The Kier molecular flexibility index (Phi) is 3.74. The maximum Gasteiger partial charge on any atom is 0.0462 e. The minimum Gasteiger partial charge on any atom is -0.396 e. The Morgan fingerprint density at radius 1 is 1.31 bits per heavy atom. The fraction of sp³-hybridized carbons (Fsp3) is 1.00. The van der Waals surface area contributed by atoms with E-state index in [9.17, 15) is 5.11 Å². The van der Waals surface area contributed by atoms with Crippen molar-refractivity contribution in [3.05, 3.63) is 0 Å². The molecule has 13 heavy (non-hydrogen) atoms. The second-order valence-corrected chi connectivity index (χ2v) is 5.46. The molecule has 2 N–H and O–H groups in total. The largest absolute Gasteiger partial charge is 0.396 e. The number of aliphatic hydroxyl groups is 1. The fourth-order valence-corrected chi connectivity index (χ4v) is 2.24. The highest BCUT2D eigenvalue weighted by Crippen LogP contribution is 2.31. The summed E-state index contributed by atoms with van der Waals surface area (Å²) in [6, 6.07) is 0. The van der Waals surface area contributed by atoms with Gasteiger partial charge in [0.05, 0.1) is 0 Å². The van der Waals surface area contributed by atoms with Crippen LogP contribution in [0.15, 0.2) is 0 Å². The number of nitrogens with one attached hydrogen (secondary N) is 1. The Labute approximate surface area is 81.7 Å². The fourth-order valence-electron chi connectivity index (χ4n) is 2.24. The molecule has 0 aromatic rings. The van der Waals surface area contributed by atoms with Gasteiger partial charge in [0.15, 0.2) is 0 Å². The SMILES string of the molecule is CC(C)(C)CC1CNCCC1CO. The van der Waals surface area contributed by atoms with Gasteiger partial charge in [-0.05, 0) is 43.2 Å². The lowest BCUT2D eigenvalue weighted by Crippen LogP contribution is -2.39. The monoisotopic (exact) mass is 185 g/mol. The molecule has 0 aliphatic carbocycles. The van der Waals surface area contributed by atoms with Crippen LogP contribution in [0.2, 0.25) is 0 Å². The molecular formula is C11H23NO. The van der Waals surface area contributed by atoms with Crippen molar-refractivity contribution in [1.82, 2.24) is 5.32 Å². The van der Waals surface area contributed by atoms with E-state index in [4.69, 9.17) is 0 Å². The summed E-state index contributed by atoms with van der Waals surface area (Å²) >= 11 is 0. The molecule has 1 rings (SSSR count). The topological polar surface area (TPSA) is 32.3 Å². The molecule has 1 aliphatic rings. The summed E-state index contributed by atoms with van der Waals surface area (Å²) in [6.07, 6.45) is 2.35. The highest BCUT2D eigenvalue weighted by molar-refractivity contribution is 4.81. The second kappa shape index (κ2) is 4.43. The lowest BCUT2D eigenvalue weighted by atomic mass is 9.76. The lowest BCUT2D eigenvalue weighted by Gasteiger charge is -2.35. The Balaban J connectivity index is 2.45. The molecular weight excluding hydrogens is 162 g/mol. The van der Waals surface area contributed by atoms with Crippen molar-refractivity contribution in [3.63, 3.8) is 0 Å². The van der Waals surface area contributed by atoms with Crippen LogP contribution in [-0.2, 0) is 0 Å². The first-order valence-electron chi connectivity index (χ1n) is 5.34. The summed E-state index contributed by atoms with van der Waals surface area (Å²) < 4.78 is 0. The first-order chi connectivity index (χ1) is 6.03. The minimum absolute atomic E-state index is 0.364. The van der Waals surface area contributed by atoms with E-state index in [-0.39, 0.29) is 0 Å². The number of aliphatic hydroxyl groups excluding tert-OH is 1. The van der Waals surface area contributed by atoms with Crippen LogP contribution in [0.3, 0.4) is 0 Å². The van der Waals surface area contributed by atoms with Gasteiger partial charge in [-0.3, -0.25) is 0 Å².